The fourth-order valence-corrected chi connectivity index (χ4v) is 3.40. The molecule has 0 radical (unpaired) electrons. The molecule has 0 heterocycles. The Bertz CT molecular complexity index is 239. The van der Waals surface area contributed by atoms with Gasteiger partial charge in [-0.05, 0) is 19.8 Å². The van der Waals surface area contributed by atoms with Gasteiger partial charge in [0.05, 0.1) is 31.9 Å². The van der Waals surface area contributed by atoms with Crippen LogP contribution in [0.15, 0.2) is 0 Å². The molecule has 0 amide bonds. The highest BCUT2D eigenvalue weighted by Gasteiger charge is 2.26. The summed E-state index contributed by atoms with van der Waals surface area (Å²) in [7, 11) is 0. The van der Waals surface area contributed by atoms with Crippen molar-refractivity contribution in [3.63, 3.8) is 0 Å². The van der Waals surface area contributed by atoms with Crippen molar-refractivity contribution >= 4 is 16.9 Å². The molecule has 0 aliphatic rings. The number of quaternary nitrogens is 1. The molecule has 0 atom stereocenters. The third-order valence-electron chi connectivity index (χ3n) is 3.48. The van der Waals surface area contributed by atoms with Gasteiger partial charge in [-0.2, -0.15) is 0 Å². The first kappa shape index (κ1) is 18.0. The van der Waals surface area contributed by atoms with Gasteiger partial charge in [0.2, 0.25) is 0 Å². The molecule has 0 saturated carbocycles. The Hall–Kier alpha value is -0.0200. The Morgan fingerprint density at radius 2 is 1.50 bits per heavy atom. The van der Waals surface area contributed by atoms with E-state index in [9.17, 15) is 4.79 Å². The van der Waals surface area contributed by atoms with Gasteiger partial charge in [-0.15, -0.1) is 0 Å². The summed E-state index contributed by atoms with van der Waals surface area (Å²) >= 11 is 1.52. The van der Waals surface area contributed by atoms with Gasteiger partial charge in [-0.25, -0.2) is 0 Å². The topological polar surface area (TPSA) is 17.1 Å². The van der Waals surface area contributed by atoms with E-state index in [1.54, 1.807) is 0 Å². The monoisotopic (exact) mass is 274 g/mol. The lowest BCUT2D eigenvalue weighted by molar-refractivity contribution is -0.924. The van der Waals surface area contributed by atoms with Gasteiger partial charge in [0.25, 0.3) is 0 Å². The first-order chi connectivity index (χ1) is 8.31. The van der Waals surface area contributed by atoms with E-state index in [0.29, 0.717) is 5.12 Å². The molecule has 0 fully saturated rings. The van der Waals surface area contributed by atoms with Crippen LogP contribution in [0.3, 0.4) is 0 Å². The number of thioether (sulfide) groups is 1. The maximum atomic E-state index is 11.9. The predicted molar refractivity (Wildman–Crippen MR) is 82.9 cm³/mol. The molecule has 0 N–H and O–H groups in total. The molecule has 0 spiro atoms. The van der Waals surface area contributed by atoms with Crippen LogP contribution < -0.4 is 0 Å². The van der Waals surface area contributed by atoms with Crippen LogP contribution in [0.2, 0.25) is 0 Å². The van der Waals surface area contributed by atoms with Crippen molar-refractivity contribution in [2.45, 2.75) is 54.4 Å². The highest BCUT2D eigenvalue weighted by atomic mass is 32.2. The van der Waals surface area contributed by atoms with Crippen molar-refractivity contribution < 1.29 is 9.28 Å². The number of hydrogen-bond donors (Lipinski definition) is 0. The van der Waals surface area contributed by atoms with Crippen LogP contribution in [-0.4, -0.2) is 41.5 Å². The fourth-order valence-electron chi connectivity index (χ4n) is 2.31. The average molecular weight is 274 g/mol. The second-order valence-electron chi connectivity index (χ2n) is 6.21. The first-order valence-corrected chi connectivity index (χ1v) is 8.32. The molecular formula is C15H32NOS+. The summed E-state index contributed by atoms with van der Waals surface area (Å²) in [5.41, 5.74) is -0.206. The molecule has 108 valence electrons. The molecule has 0 aromatic rings. The number of hydrogen-bond acceptors (Lipinski definition) is 2. The van der Waals surface area contributed by atoms with E-state index in [2.05, 4.69) is 20.8 Å². The number of carbonyl (C=O) groups excluding carboxylic acids is 1. The van der Waals surface area contributed by atoms with Gasteiger partial charge in [-0.3, -0.25) is 4.79 Å². The van der Waals surface area contributed by atoms with Gasteiger partial charge in [0, 0.05) is 5.41 Å². The normalized spacial score (nSPS) is 12.8. The van der Waals surface area contributed by atoms with Gasteiger partial charge in [0.15, 0.2) is 5.12 Å². The van der Waals surface area contributed by atoms with Crippen molar-refractivity contribution in [3.05, 3.63) is 0 Å². The molecule has 0 rings (SSSR count). The Morgan fingerprint density at radius 3 is 1.83 bits per heavy atom. The molecule has 0 aliphatic carbocycles. The summed E-state index contributed by atoms with van der Waals surface area (Å²) in [5, 5.41) is 0.324. The smallest absolute Gasteiger partial charge is 0.194 e. The highest BCUT2D eigenvalue weighted by molar-refractivity contribution is 8.13. The Morgan fingerprint density at radius 1 is 1.00 bits per heavy atom. The van der Waals surface area contributed by atoms with Crippen LogP contribution in [0, 0.1) is 5.41 Å². The van der Waals surface area contributed by atoms with Gasteiger partial charge in [0.1, 0.15) is 0 Å². The maximum absolute atomic E-state index is 11.9. The lowest BCUT2D eigenvalue weighted by Crippen LogP contribution is -2.50. The van der Waals surface area contributed by atoms with Crippen molar-refractivity contribution in [2.75, 3.05) is 31.9 Å². The van der Waals surface area contributed by atoms with Crippen LogP contribution in [0.25, 0.3) is 0 Å². The minimum atomic E-state index is -0.206. The molecule has 0 aromatic heterocycles. The second-order valence-corrected chi connectivity index (χ2v) is 7.28. The number of nitrogens with zero attached hydrogens (tertiary/aromatic N) is 1. The van der Waals surface area contributed by atoms with Gasteiger partial charge >= 0.3 is 0 Å². The molecule has 2 nitrogen and oxygen atoms in total. The molecule has 0 saturated heterocycles. The van der Waals surface area contributed by atoms with Gasteiger partial charge < -0.3 is 4.48 Å². The minimum Gasteiger partial charge on any atom is -0.323 e. The highest BCUT2D eigenvalue weighted by Crippen LogP contribution is 2.23. The Balaban J connectivity index is 4.31. The second kappa shape index (κ2) is 8.21. The summed E-state index contributed by atoms with van der Waals surface area (Å²) in [6, 6.07) is 0. The summed E-state index contributed by atoms with van der Waals surface area (Å²) in [4.78, 5) is 11.9. The number of rotatable bonds is 8. The molecule has 3 heteroatoms. The maximum Gasteiger partial charge on any atom is 0.194 e. The summed E-state index contributed by atoms with van der Waals surface area (Å²) in [6.45, 7) is 17.6. The summed E-state index contributed by atoms with van der Waals surface area (Å²) < 4.78 is 1.18. The lowest BCUT2D eigenvalue weighted by atomic mass is 10.00. The fraction of sp³-hybridized carbons (Fsp3) is 0.933. The van der Waals surface area contributed by atoms with Crippen LogP contribution >= 0.6 is 11.8 Å². The average Bonchev–Trinajstić information content (AvgIpc) is 2.28. The van der Waals surface area contributed by atoms with E-state index in [1.165, 1.54) is 48.7 Å². The summed E-state index contributed by atoms with van der Waals surface area (Å²) in [5.74, 6) is 0.962. The van der Waals surface area contributed by atoms with Crippen molar-refractivity contribution in [3.8, 4) is 0 Å². The Kier molecular flexibility index (Phi) is 8.20. The summed E-state index contributed by atoms with van der Waals surface area (Å²) in [6.07, 6.45) is 2.46. The zero-order chi connectivity index (χ0) is 14.2. The molecule has 0 aromatic carbocycles. The van der Waals surface area contributed by atoms with Crippen LogP contribution in [-0.2, 0) is 4.79 Å². The quantitative estimate of drug-likeness (QED) is 0.623. The van der Waals surface area contributed by atoms with Gasteiger partial charge in [-0.1, -0.05) is 46.4 Å². The van der Waals surface area contributed by atoms with Crippen LogP contribution in [0.5, 0.6) is 0 Å². The Labute approximate surface area is 118 Å². The molecule has 0 aliphatic heterocycles. The van der Waals surface area contributed by atoms with Crippen molar-refractivity contribution in [1.29, 1.82) is 0 Å². The molecule has 0 unspecified atom stereocenters. The molecule has 0 bridgehead atoms. The lowest BCUT2D eigenvalue weighted by Gasteiger charge is -2.37. The standard InChI is InChI=1S/C15H32NOS/c1-7-10-16(9-3,11-8-2)12-13-18-14(17)15(4,5)6/h7-13H2,1-6H3/q+1. The van der Waals surface area contributed by atoms with E-state index >= 15 is 0 Å². The van der Waals surface area contributed by atoms with E-state index in [1.807, 2.05) is 20.8 Å². The largest absolute Gasteiger partial charge is 0.323 e. The van der Waals surface area contributed by atoms with Crippen molar-refractivity contribution in [2.24, 2.45) is 5.41 Å². The van der Waals surface area contributed by atoms with Crippen molar-refractivity contribution in [1.82, 2.24) is 0 Å². The SMILES string of the molecule is CCC[N+](CC)(CCC)CCSC(=O)C(C)(C)C. The molecular weight excluding hydrogens is 242 g/mol. The molecule has 18 heavy (non-hydrogen) atoms. The minimum absolute atomic E-state index is 0.206. The zero-order valence-electron chi connectivity index (χ0n) is 13.2. The zero-order valence-corrected chi connectivity index (χ0v) is 14.0. The van der Waals surface area contributed by atoms with E-state index in [4.69, 9.17) is 0 Å². The third kappa shape index (κ3) is 6.24. The predicted octanol–water partition coefficient (Wildman–Crippen LogP) is 3.95. The van der Waals surface area contributed by atoms with E-state index in [0.717, 1.165) is 12.3 Å². The van der Waals surface area contributed by atoms with Crippen LogP contribution in [0.4, 0.5) is 0 Å². The third-order valence-corrected chi connectivity index (χ3v) is 4.74. The number of carbonyl (C=O) groups is 1. The van der Waals surface area contributed by atoms with E-state index in [-0.39, 0.29) is 5.41 Å². The van der Waals surface area contributed by atoms with E-state index < -0.39 is 0 Å². The van der Waals surface area contributed by atoms with Crippen LogP contribution in [0.1, 0.15) is 54.4 Å². The first-order valence-electron chi connectivity index (χ1n) is 7.33.